The highest BCUT2D eigenvalue weighted by molar-refractivity contribution is 4.81. The number of methoxy groups -OCH3 is 1. The molecule has 1 N–H and O–H groups in total. The number of likely N-dealkylation sites (N-methyl/N-ethyl adjacent to an activating group) is 1. The molecule has 0 aromatic heterocycles. The van der Waals surface area contributed by atoms with Crippen molar-refractivity contribution in [1.29, 1.82) is 0 Å². The molecule has 2 atom stereocenters. The van der Waals surface area contributed by atoms with Crippen molar-refractivity contribution < 1.29 is 9.47 Å². The highest BCUT2D eigenvalue weighted by Crippen LogP contribution is 2.15. The summed E-state index contributed by atoms with van der Waals surface area (Å²) in [5, 5.41) is 3.18. The summed E-state index contributed by atoms with van der Waals surface area (Å²) in [5.41, 5.74) is 0. The summed E-state index contributed by atoms with van der Waals surface area (Å²) < 4.78 is 11.0. The normalized spacial score (nSPS) is 24.9. The van der Waals surface area contributed by atoms with Gasteiger partial charge in [-0.05, 0) is 13.0 Å². The Morgan fingerprint density at radius 1 is 1.50 bits per heavy atom. The van der Waals surface area contributed by atoms with Gasteiger partial charge in [-0.3, -0.25) is 4.90 Å². The van der Waals surface area contributed by atoms with Crippen LogP contribution in [0.4, 0.5) is 0 Å². The average Bonchev–Trinajstić information content (AvgIpc) is 2.26. The van der Waals surface area contributed by atoms with Crippen molar-refractivity contribution in [1.82, 2.24) is 10.2 Å². The Hall–Kier alpha value is -0.160. The van der Waals surface area contributed by atoms with Crippen molar-refractivity contribution in [2.24, 2.45) is 5.92 Å². The van der Waals surface area contributed by atoms with Crippen molar-refractivity contribution in [2.75, 3.05) is 47.0 Å². The van der Waals surface area contributed by atoms with Gasteiger partial charge in [0.2, 0.25) is 0 Å². The lowest BCUT2D eigenvalue weighted by atomic mass is 10.0. The highest BCUT2D eigenvalue weighted by atomic mass is 16.5. The van der Waals surface area contributed by atoms with Crippen LogP contribution in [-0.4, -0.2) is 64.1 Å². The summed E-state index contributed by atoms with van der Waals surface area (Å²) >= 11 is 0. The van der Waals surface area contributed by atoms with Gasteiger partial charge in [0.05, 0.1) is 19.3 Å². The van der Waals surface area contributed by atoms with Gasteiger partial charge in [-0.1, -0.05) is 13.8 Å². The van der Waals surface area contributed by atoms with Gasteiger partial charge in [-0.25, -0.2) is 0 Å². The molecule has 0 aliphatic carbocycles. The summed E-state index contributed by atoms with van der Waals surface area (Å²) in [6.45, 7) is 9.11. The van der Waals surface area contributed by atoms with Crippen molar-refractivity contribution in [3.05, 3.63) is 0 Å². The van der Waals surface area contributed by atoms with Crippen LogP contribution < -0.4 is 5.32 Å². The number of nitrogens with zero attached hydrogens (tertiary/aromatic N) is 1. The van der Waals surface area contributed by atoms with Gasteiger partial charge in [0.1, 0.15) is 0 Å². The van der Waals surface area contributed by atoms with Gasteiger partial charge in [0.15, 0.2) is 0 Å². The Labute approximate surface area is 99.3 Å². The molecule has 0 bridgehead atoms. The second-order valence-corrected chi connectivity index (χ2v) is 4.81. The molecule has 0 amide bonds. The highest BCUT2D eigenvalue weighted by Gasteiger charge is 2.27. The molecule has 2 unspecified atom stereocenters. The Bertz CT molecular complexity index is 186. The average molecular weight is 230 g/mol. The van der Waals surface area contributed by atoms with Gasteiger partial charge in [0.25, 0.3) is 0 Å². The summed E-state index contributed by atoms with van der Waals surface area (Å²) in [6.07, 6.45) is 0.317. The third kappa shape index (κ3) is 4.01. The van der Waals surface area contributed by atoms with E-state index in [1.54, 1.807) is 7.11 Å². The third-order valence-electron chi connectivity index (χ3n) is 3.18. The van der Waals surface area contributed by atoms with E-state index in [9.17, 15) is 0 Å². The Morgan fingerprint density at radius 2 is 2.25 bits per heavy atom. The van der Waals surface area contributed by atoms with Gasteiger partial charge in [0, 0.05) is 32.8 Å². The predicted molar refractivity (Wildman–Crippen MR) is 65.7 cm³/mol. The maximum absolute atomic E-state index is 5.71. The first-order chi connectivity index (χ1) is 7.69. The molecular weight excluding hydrogens is 204 g/mol. The first-order valence-corrected chi connectivity index (χ1v) is 6.18. The van der Waals surface area contributed by atoms with Crippen molar-refractivity contribution in [3.8, 4) is 0 Å². The van der Waals surface area contributed by atoms with Crippen molar-refractivity contribution in [3.63, 3.8) is 0 Å². The van der Waals surface area contributed by atoms with Crippen LogP contribution in [0.25, 0.3) is 0 Å². The molecule has 1 saturated heterocycles. The standard InChI is InChI=1S/C12H26N2O2/c1-10(2)12(9-15-4)14-5-6-16-11(8-14)7-13-3/h10-13H,5-9H2,1-4H3. The quantitative estimate of drug-likeness (QED) is 0.723. The number of nitrogens with one attached hydrogen (secondary N) is 1. The fourth-order valence-electron chi connectivity index (χ4n) is 2.28. The zero-order chi connectivity index (χ0) is 12.0. The molecule has 4 nitrogen and oxygen atoms in total. The lowest BCUT2D eigenvalue weighted by molar-refractivity contribution is -0.0598. The van der Waals surface area contributed by atoms with E-state index >= 15 is 0 Å². The molecule has 96 valence electrons. The zero-order valence-electron chi connectivity index (χ0n) is 11.0. The van der Waals surface area contributed by atoms with Gasteiger partial charge >= 0.3 is 0 Å². The second-order valence-electron chi connectivity index (χ2n) is 4.81. The molecule has 0 radical (unpaired) electrons. The summed E-state index contributed by atoms with van der Waals surface area (Å²) in [7, 11) is 3.75. The van der Waals surface area contributed by atoms with Crippen LogP contribution in [0, 0.1) is 5.92 Å². The molecular formula is C12H26N2O2. The van der Waals surface area contributed by atoms with Crippen LogP contribution in [-0.2, 0) is 9.47 Å². The van der Waals surface area contributed by atoms with Gasteiger partial charge < -0.3 is 14.8 Å². The van der Waals surface area contributed by atoms with E-state index < -0.39 is 0 Å². The van der Waals surface area contributed by atoms with E-state index in [1.165, 1.54) is 0 Å². The van der Waals surface area contributed by atoms with Crippen molar-refractivity contribution in [2.45, 2.75) is 26.0 Å². The second kappa shape index (κ2) is 7.22. The summed E-state index contributed by atoms with van der Waals surface area (Å²) in [6, 6.07) is 0.508. The number of morpholine rings is 1. The maximum Gasteiger partial charge on any atom is 0.0826 e. The van der Waals surface area contributed by atoms with Crippen LogP contribution in [0.15, 0.2) is 0 Å². The topological polar surface area (TPSA) is 33.7 Å². The first kappa shape index (κ1) is 13.9. The molecule has 4 heteroatoms. The molecule has 1 aliphatic rings. The molecule has 0 aromatic rings. The first-order valence-electron chi connectivity index (χ1n) is 6.18. The zero-order valence-corrected chi connectivity index (χ0v) is 11.0. The van der Waals surface area contributed by atoms with E-state index in [-0.39, 0.29) is 0 Å². The molecule has 0 aromatic carbocycles. The van der Waals surface area contributed by atoms with E-state index in [0.29, 0.717) is 18.1 Å². The largest absolute Gasteiger partial charge is 0.383 e. The number of hydrogen-bond acceptors (Lipinski definition) is 4. The fourth-order valence-corrected chi connectivity index (χ4v) is 2.28. The predicted octanol–water partition coefficient (Wildman–Crippen LogP) is 0.578. The minimum atomic E-state index is 0.317. The summed E-state index contributed by atoms with van der Waals surface area (Å²) in [4.78, 5) is 2.50. The van der Waals surface area contributed by atoms with Crippen LogP contribution in [0.1, 0.15) is 13.8 Å². The van der Waals surface area contributed by atoms with Crippen LogP contribution in [0.5, 0.6) is 0 Å². The molecule has 1 heterocycles. The van der Waals surface area contributed by atoms with Crippen LogP contribution in [0.3, 0.4) is 0 Å². The lowest BCUT2D eigenvalue weighted by Gasteiger charge is -2.39. The van der Waals surface area contributed by atoms with Gasteiger partial charge in [-0.15, -0.1) is 0 Å². The van der Waals surface area contributed by atoms with Crippen molar-refractivity contribution >= 4 is 0 Å². The summed E-state index contributed by atoms with van der Waals surface area (Å²) in [5.74, 6) is 0.619. The maximum atomic E-state index is 5.71. The van der Waals surface area contributed by atoms with E-state index in [2.05, 4.69) is 24.1 Å². The molecule has 1 fully saturated rings. The Morgan fingerprint density at radius 3 is 2.81 bits per heavy atom. The SMILES string of the molecule is CNCC1CN(C(COC)C(C)C)CCO1. The molecule has 1 rings (SSSR count). The fraction of sp³-hybridized carbons (Fsp3) is 1.00. The number of rotatable bonds is 6. The van der Waals surface area contributed by atoms with E-state index in [1.807, 2.05) is 7.05 Å². The van der Waals surface area contributed by atoms with Crippen LogP contribution in [0.2, 0.25) is 0 Å². The molecule has 0 spiro atoms. The third-order valence-corrected chi connectivity index (χ3v) is 3.18. The lowest BCUT2D eigenvalue weighted by Crippen LogP contribution is -2.53. The van der Waals surface area contributed by atoms with E-state index in [4.69, 9.17) is 9.47 Å². The van der Waals surface area contributed by atoms with E-state index in [0.717, 1.165) is 32.8 Å². The van der Waals surface area contributed by atoms with Crippen LogP contribution >= 0.6 is 0 Å². The number of ether oxygens (including phenoxy) is 2. The molecule has 1 aliphatic heterocycles. The smallest absolute Gasteiger partial charge is 0.0826 e. The van der Waals surface area contributed by atoms with Gasteiger partial charge in [-0.2, -0.15) is 0 Å². The monoisotopic (exact) mass is 230 g/mol. The Kier molecular flexibility index (Phi) is 6.28. The minimum absolute atomic E-state index is 0.317. The molecule has 16 heavy (non-hydrogen) atoms. The molecule has 0 saturated carbocycles. The number of hydrogen-bond donors (Lipinski definition) is 1. The minimum Gasteiger partial charge on any atom is -0.383 e. The Balaban J connectivity index is 2.49.